The lowest BCUT2D eigenvalue weighted by Gasteiger charge is -2.08. The van der Waals surface area contributed by atoms with Crippen molar-refractivity contribution in [3.05, 3.63) is 58.3 Å². The first-order valence-electron chi connectivity index (χ1n) is 7.08. The van der Waals surface area contributed by atoms with Gasteiger partial charge in [0, 0.05) is 26.6 Å². The van der Waals surface area contributed by atoms with Gasteiger partial charge in [0.1, 0.15) is 17.3 Å². The normalized spacial score (nSPS) is 11.3. The van der Waals surface area contributed by atoms with E-state index in [1.807, 2.05) is 49.4 Å². The SMILES string of the molecule is Cc1nc(Nc2ccc(Cl)cc2)c2c(n1)[nH]c1cc(Cl)ccc12. The summed E-state index contributed by atoms with van der Waals surface area (Å²) in [5.74, 6) is 1.44. The number of aromatic amines is 1. The summed E-state index contributed by atoms with van der Waals surface area (Å²) >= 11 is 12.0. The molecule has 0 amide bonds. The van der Waals surface area contributed by atoms with Gasteiger partial charge in [-0.15, -0.1) is 0 Å². The van der Waals surface area contributed by atoms with Gasteiger partial charge < -0.3 is 10.3 Å². The fraction of sp³-hybridized carbons (Fsp3) is 0.0588. The van der Waals surface area contributed by atoms with E-state index in [-0.39, 0.29) is 0 Å². The molecule has 0 bridgehead atoms. The predicted octanol–water partition coefficient (Wildman–Crippen LogP) is 5.47. The molecule has 0 radical (unpaired) electrons. The molecule has 0 aliphatic carbocycles. The van der Waals surface area contributed by atoms with Gasteiger partial charge in [-0.2, -0.15) is 0 Å². The number of nitrogens with zero attached hydrogens (tertiary/aromatic N) is 2. The largest absolute Gasteiger partial charge is 0.340 e. The van der Waals surface area contributed by atoms with E-state index in [0.29, 0.717) is 15.9 Å². The van der Waals surface area contributed by atoms with Crippen molar-refractivity contribution in [2.75, 3.05) is 5.32 Å². The molecule has 0 aliphatic rings. The summed E-state index contributed by atoms with van der Waals surface area (Å²) in [7, 11) is 0. The van der Waals surface area contributed by atoms with Crippen LogP contribution in [0.1, 0.15) is 5.82 Å². The zero-order valence-electron chi connectivity index (χ0n) is 12.2. The molecule has 2 N–H and O–H groups in total. The van der Waals surface area contributed by atoms with E-state index >= 15 is 0 Å². The number of rotatable bonds is 2. The Morgan fingerprint density at radius 1 is 0.957 bits per heavy atom. The average molecular weight is 343 g/mol. The molecule has 4 nitrogen and oxygen atoms in total. The third-order valence-electron chi connectivity index (χ3n) is 3.63. The highest BCUT2D eigenvalue weighted by molar-refractivity contribution is 6.31. The van der Waals surface area contributed by atoms with Gasteiger partial charge in [-0.1, -0.05) is 29.3 Å². The minimum Gasteiger partial charge on any atom is -0.340 e. The zero-order chi connectivity index (χ0) is 16.0. The Bertz CT molecular complexity index is 1020. The van der Waals surface area contributed by atoms with Gasteiger partial charge in [-0.3, -0.25) is 0 Å². The van der Waals surface area contributed by atoms with Crippen molar-refractivity contribution in [1.82, 2.24) is 15.0 Å². The summed E-state index contributed by atoms with van der Waals surface area (Å²) in [5.41, 5.74) is 2.63. The number of aryl methyl sites for hydroxylation is 1. The number of anilines is 2. The molecule has 4 aromatic rings. The van der Waals surface area contributed by atoms with Crippen molar-refractivity contribution in [3.63, 3.8) is 0 Å². The van der Waals surface area contributed by atoms with E-state index in [1.54, 1.807) is 0 Å². The molecule has 2 aromatic carbocycles. The maximum absolute atomic E-state index is 6.08. The fourth-order valence-electron chi connectivity index (χ4n) is 2.64. The monoisotopic (exact) mass is 342 g/mol. The highest BCUT2D eigenvalue weighted by Gasteiger charge is 2.13. The van der Waals surface area contributed by atoms with Gasteiger partial charge in [0.05, 0.1) is 5.39 Å². The van der Waals surface area contributed by atoms with Crippen LogP contribution in [0.25, 0.3) is 21.9 Å². The van der Waals surface area contributed by atoms with Crippen LogP contribution in [0.5, 0.6) is 0 Å². The van der Waals surface area contributed by atoms with Crippen LogP contribution in [0.15, 0.2) is 42.5 Å². The van der Waals surface area contributed by atoms with Crippen molar-refractivity contribution in [2.24, 2.45) is 0 Å². The fourth-order valence-corrected chi connectivity index (χ4v) is 2.94. The smallest absolute Gasteiger partial charge is 0.144 e. The molecule has 0 aliphatic heterocycles. The first-order valence-corrected chi connectivity index (χ1v) is 7.84. The lowest BCUT2D eigenvalue weighted by molar-refractivity contribution is 1.08. The van der Waals surface area contributed by atoms with Crippen LogP contribution in [0.3, 0.4) is 0 Å². The number of hydrogen-bond donors (Lipinski definition) is 2. The Morgan fingerprint density at radius 2 is 1.70 bits per heavy atom. The minimum atomic E-state index is 0.681. The molecule has 2 aromatic heterocycles. The van der Waals surface area contributed by atoms with Crippen LogP contribution < -0.4 is 5.32 Å². The van der Waals surface area contributed by atoms with Gasteiger partial charge in [-0.25, -0.2) is 9.97 Å². The lowest BCUT2D eigenvalue weighted by atomic mass is 10.2. The number of halogens is 2. The highest BCUT2D eigenvalue weighted by Crippen LogP contribution is 2.32. The van der Waals surface area contributed by atoms with E-state index in [4.69, 9.17) is 23.2 Å². The molecule has 0 spiro atoms. The quantitative estimate of drug-likeness (QED) is 0.507. The molecule has 0 saturated heterocycles. The summed E-state index contributed by atoms with van der Waals surface area (Å²) < 4.78 is 0. The van der Waals surface area contributed by atoms with Crippen molar-refractivity contribution in [3.8, 4) is 0 Å². The van der Waals surface area contributed by atoms with E-state index < -0.39 is 0 Å². The number of nitrogens with one attached hydrogen (secondary N) is 2. The predicted molar refractivity (Wildman–Crippen MR) is 95.9 cm³/mol. The van der Waals surface area contributed by atoms with Crippen molar-refractivity contribution in [2.45, 2.75) is 6.92 Å². The molecule has 0 unspecified atom stereocenters. The third kappa shape index (κ3) is 2.60. The van der Waals surface area contributed by atoms with Crippen LogP contribution in [-0.2, 0) is 0 Å². The first kappa shape index (κ1) is 14.3. The number of fused-ring (bicyclic) bond motifs is 3. The average Bonchev–Trinajstić information content (AvgIpc) is 2.86. The molecule has 0 fully saturated rings. The van der Waals surface area contributed by atoms with Gasteiger partial charge in [-0.05, 0) is 43.3 Å². The van der Waals surface area contributed by atoms with Crippen molar-refractivity contribution >= 4 is 56.6 Å². The summed E-state index contributed by atoms with van der Waals surface area (Å²) in [6, 6.07) is 13.2. The molecule has 4 rings (SSSR count). The lowest BCUT2D eigenvalue weighted by Crippen LogP contribution is -1.98. The highest BCUT2D eigenvalue weighted by atomic mass is 35.5. The van der Waals surface area contributed by atoms with E-state index in [2.05, 4.69) is 20.3 Å². The molecule has 2 heterocycles. The topological polar surface area (TPSA) is 53.6 Å². The van der Waals surface area contributed by atoms with Crippen LogP contribution in [0.4, 0.5) is 11.5 Å². The Labute approximate surface area is 142 Å². The van der Waals surface area contributed by atoms with Crippen LogP contribution >= 0.6 is 23.2 Å². The first-order chi connectivity index (χ1) is 11.1. The molecule has 0 saturated carbocycles. The molecular weight excluding hydrogens is 331 g/mol. The molecular formula is C17H12Cl2N4. The van der Waals surface area contributed by atoms with Crippen LogP contribution in [0, 0.1) is 6.92 Å². The van der Waals surface area contributed by atoms with E-state index in [0.717, 1.165) is 33.4 Å². The van der Waals surface area contributed by atoms with Crippen LogP contribution in [0.2, 0.25) is 10.0 Å². The van der Waals surface area contributed by atoms with Crippen molar-refractivity contribution < 1.29 is 0 Å². The van der Waals surface area contributed by atoms with E-state index in [1.165, 1.54) is 0 Å². The summed E-state index contributed by atoms with van der Waals surface area (Å²) in [5, 5.41) is 6.69. The maximum Gasteiger partial charge on any atom is 0.144 e. The molecule has 23 heavy (non-hydrogen) atoms. The summed E-state index contributed by atoms with van der Waals surface area (Å²) in [6.45, 7) is 1.87. The standard InChI is InChI=1S/C17H12Cl2N4/c1-9-20-16(22-12-5-2-10(18)3-6-12)15-13-7-4-11(19)8-14(13)23-17(15)21-9/h2-8H,1H3,(H2,20,21,22,23). The van der Waals surface area contributed by atoms with Gasteiger partial charge >= 0.3 is 0 Å². The summed E-state index contributed by atoms with van der Waals surface area (Å²) in [4.78, 5) is 12.3. The Hall–Kier alpha value is -2.30. The molecule has 0 atom stereocenters. The summed E-state index contributed by atoms with van der Waals surface area (Å²) in [6.07, 6.45) is 0. The van der Waals surface area contributed by atoms with E-state index in [9.17, 15) is 0 Å². The van der Waals surface area contributed by atoms with Gasteiger partial charge in [0.15, 0.2) is 0 Å². The Balaban J connectivity index is 1.93. The second kappa shape index (κ2) is 5.41. The number of H-pyrrole nitrogens is 1. The number of aromatic nitrogens is 3. The minimum absolute atomic E-state index is 0.681. The third-order valence-corrected chi connectivity index (χ3v) is 4.12. The van der Waals surface area contributed by atoms with Crippen LogP contribution in [-0.4, -0.2) is 15.0 Å². The molecule has 6 heteroatoms. The number of hydrogen-bond acceptors (Lipinski definition) is 3. The second-order valence-corrected chi connectivity index (χ2v) is 6.16. The second-order valence-electron chi connectivity index (χ2n) is 5.29. The Morgan fingerprint density at radius 3 is 2.48 bits per heavy atom. The zero-order valence-corrected chi connectivity index (χ0v) is 13.7. The van der Waals surface area contributed by atoms with Crippen molar-refractivity contribution in [1.29, 1.82) is 0 Å². The Kier molecular flexibility index (Phi) is 3.36. The number of benzene rings is 2. The van der Waals surface area contributed by atoms with Gasteiger partial charge in [0.25, 0.3) is 0 Å². The maximum atomic E-state index is 6.08. The van der Waals surface area contributed by atoms with Gasteiger partial charge in [0.2, 0.25) is 0 Å². The molecule has 114 valence electrons.